The summed E-state index contributed by atoms with van der Waals surface area (Å²) >= 11 is 6.05. The Bertz CT molecular complexity index is 667. The summed E-state index contributed by atoms with van der Waals surface area (Å²) < 4.78 is 10.7. The molecule has 4 nitrogen and oxygen atoms in total. The smallest absolute Gasteiger partial charge is 0.311 e. The van der Waals surface area contributed by atoms with Gasteiger partial charge in [0.25, 0.3) is 0 Å². The van der Waals surface area contributed by atoms with Crippen LogP contribution in [-0.4, -0.2) is 24.8 Å². The van der Waals surface area contributed by atoms with Crippen molar-refractivity contribution < 1.29 is 19.4 Å². The summed E-state index contributed by atoms with van der Waals surface area (Å²) in [5.41, 5.74) is 1.49. The molecule has 2 rings (SSSR count). The fourth-order valence-corrected chi connectivity index (χ4v) is 2.60. The molecule has 0 spiro atoms. The van der Waals surface area contributed by atoms with E-state index < -0.39 is 11.9 Å². The number of aliphatic carboxylic acids is 1. The first-order valence-corrected chi connectivity index (χ1v) is 7.71. The van der Waals surface area contributed by atoms with E-state index >= 15 is 0 Å². The van der Waals surface area contributed by atoms with Crippen molar-refractivity contribution in [2.75, 3.05) is 13.7 Å². The summed E-state index contributed by atoms with van der Waals surface area (Å²) in [5, 5.41) is 10.2. The summed E-state index contributed by atoms with van der Waals surface area (Å²) in [6, 6.07) is 12.3. The van der Waals surface area contributed by atoms with Crippen LogP contribution < -0.4 is 9.47 Å². The zero-order valence-corrected chi connectivity index (χ0v) is 13.8. The van der Waals surface area contributed by atoms with Crippen molar-refractivity contribution in [1.29, 1.82) is 0 Å². The maximum absolute atomic E-state index is 11.7. The van der Waals surface area contributed by atoms with Crippen LogP contribution in [0.4, 0.5) is 0 Å². The van der Waals surface area contributed by atoms with Gasteiger partial charge in [-0.05, 0) is 54.8 Å². The van der Waals surface area contributed by atoms with Gasteiger partial charge in [0.15, 0.2) is 0 Å². The maximum atomic E-state index is 11.7. The van der Waals surface area contributed by atoms with Gasteiger partial charge in [0, 0.05) is 5.02 Å². The van der Waals surface area contributed by atoms with E-state index in [1.54, 1.807) is 49.6 Å². The van der Waals surface area contributed by atoms with Gasteiger partial charge < -0.3 is 14.6 Å². The van der Waals surface area contributed by atoms with Crippen LogP contribution in [0, 0.1) is 0 Å². The molecule has 0 radical (unpaired) electrons. The van der Waals surface area contributed by atoms with Gasteiger partial charge in [-0.15, -0.1) is 0 Å². The van der Waals surface area contributed by atoms with Gasteiger partial charge in [0.05, 0.1) is 19.6 Å². The molecule has 2 aromatic carbocycles. The average Bonchev–Trinajstić information content (AvgIpc) is 2.55. The Balaban J connectivity index is 2.32. The summed E-state index contributed by atoms with van der Waals surface area (Å²) in [7, 11) is 1.57. The third-order valence-corrected chi connectivity index (χ3v) is 3.80. The highest BCUT2D eigenvalue weighted by Crippen LogP contribution is 2.30. The van der Waals surface area contributed by atoms with Crippen molar-refractivity contribution in [2.24, 2.45) is 0 Å². The highest BCUT2D eigenvalue weighted by Gasteiger charge is 2.22. The summed E-state index contributed by atoms with van der Waals surface area (Å²) in [6.45, 7) is 2.39. The lowest BCUT2D eigenvalue weighted by molar-refractivity contribution is -0.138. The Labute approximate surface area is 140 Å². The van der Waals surface area contributed by atoms with Crippen LogP contribution in [0.3, 0.4) is 0 Å². The van der Waals surface area contributed by atoms with Crippen LogP contribution in [0.25, 0.3) is 0 Å². The predicted octanol–water partition coefficient (Wildman–Crippen LogP) is 4.16. The quantitative estimate of drug-likeness (QED) is 0.826. The van der Waals surface area contributed by atoms with E-state index in [2.05, 4.69) is 0 Å². The molecule has 0 aliphatic carbocycles. The Morgan fingerprint density at radius 1 is 1.22 bits per heavy atom. The van der Waals surface area contributed by atoms with Crippen LogP contribution in [-0.2, 0) is 11.2 Å². The minimum Gasteiger partial charge on any atom is -0.497 e. The van der Waals surface area contributed by atoms with Crippen LogP contribution in [0.15, 0.2) is 42.5 Å². The number of rotatable bonds is 7. The average molecular weight is 335 g/mol. The van der Waals surface area contributed by atoms with Crippen molar-refractivity contribution in [3.63, 3.8) is 0 Å². The van der Waals surface area contributed by atoms with Gasteiger partial charge >= 0.3 is 5.97 Å². The number of carboxylic acid groups (broad SMARTS) is 1. The van der Waals surface area contributed by atoms with E-state index in [0.29, 0.717) is 35.1 Å². The van der Waals surface area contributed by atoms with Crippen molar-refractivity contribution in [2.45, 2.75) is 19.3 Å². The second kappa shape index (κ2) is 7.88. The van der Waals surface area contributed by atoms with Gasteiger partial charge in [-0.1, -0.05) is 23.7 Å². The van der Waals surface area contributed by atoms with E-state index in [0.717, 1.165) is 5.56 Å². The molecule has 0 heterocycles. The molecular weight excluding hydrogens is 316 g/mol. The molecular formula is C18H19ClO4. The van der Waals surface area contributed by atoms with E-state index in [1.165, 1.54) is 0 Å². The molecule has 0 saturated heterocycles. The standard InChI is InChI=1S/C18H19ClO4/c1-3-23-17-9-6-14(19)10-13(17)11-16(18(20)21)12-4-7-15(22-2)8-5-12/h4-10,16H,3,11H2,1-2H3,(H,20,21). The van der Waals surface area contributed by atoms with Crippen molar-refractivity contribution in [1.82, 2.24) is 0 Å². The molecule has 0 saturated carbocycles. The van der Waals surface area contributed by atoms with E-state index in [4.69, 9.17) is 21.1 Å². The minimum atomic E-state index is -0.891. The molecule has 0 fully saturated rings. The fraction of sp³-hybridized carbons (Fsp3) is 0.278. The molecule has 0 aliphatic rings. The number of hydrogen-bond acceptors (Lipinski definition) is 3. The van der Waals surface area contributed by atoms with Crippen molar-refractivity contribution in [3.05, 3.63) is 58.6 Å². The van der Waals surface area contributed by atoms with Gasteiger partial charge in [-0.25, -0.2) is 0 Å². The lowest BCUT2D eigenvalue weighted by atomic mass is 9.91. The molecule has 1 atom stereocenters. The van der Waals surface area contributed by atoms with Crippen LogP contribution in [0.2, 0.25) is 5.02 Å². The monoisotopic (exact) mass is 334 g/mol. The molecule has 0 aliphatic heterocycles. The summed E-state index contributed by atoms with van der Waals surface area (Å²) in [6.07, 6.45) is 0.303. The van der Waals surface area contributed by atoms with E-state index in [9.17, 15) is 9.90 Å². The molecule has 23 heavy (non-hydrogen) atoms. The largest absolute Gasteiger partial charge is 0.497 e. The number of methoxy groups -OCH3 is 1. The van der Waals surface area contributed by atoms with Gasteiger partial charge in [0.2, 0.25) is 0 Å². The molecule has 1 unspecified atom stereocenters. The van der Waals surface area contributed by atoms with E-state index in [1.807, 2.05) is 6.92 Å². The predicted molar refractivity (Wildman–Crippen MR) is 89.7 cm³/mol. The van der Waals surface area contributed by atoms with Crippen LogP contribution in [0.1, 0.15) is 24.0 Å². The third-order valence-electron chi connectivity index (χ3n) is 3.56. The number of carboxylic acids is 1. The first-order chi connectivity index (χ1) is 11.0. The van der Waals surface area contributed by atoms with Gasteiger partial charge in [-0.3, -0.25) is 4.79 Å². The lowest BCUT2D eigenvalue weighted by Crippen LogP contribution is -2.15. The second-order valence-corrected chi connectivity index (χ2v) is 5.49. The Morgan fingerprint density at radius 3 is 2.48 bits per heavy atom. The number of benzene rings is 2. The molecule has 5 heteroatoms. The molecule has 0 bridgehead atoms. The SMILES string of the molecule is CCOc1ccc(Cl)cc1CC(C(=O)O)c1ccc(OC)cc1. The van der Waals surface area contributed by atoms with Crippen LogP contribution >= 0.6 is 11.6 Å². The minimum absolute atomic E-state index is 0.303. The summed E-state index contributed by atoms with van der Waals surface area (Å²) in [4.78, 5) is 11.7. The van der Waals surface area contributed by atoms with Crippen LogP contribution in [0.5, 0.6) is 11.5 Å². The van der Waals surface area contributed by atoms with Gasteiger partial charge in [0.1, 0.15) is 11.5 Å². The molecule has 0 amide bonds. The first-order valence-electron chi connectivity index (χ1n) is 7.33. The summed E-state index contributed by atoms with van der Waals surface area (Å²) in [5.74, 6) is -0.219. The highest BCUT2D eigenvalue weighted by molar-refractivity contribution is 6.30. The van der Waals surface area contributed by atoms with Crippen molar-refractivity contribution >= 4 is 17.6 Å². The highest BCUT2D eigenvalue weighted by atomic mass is 35.5. The number of halogens is 1. The zero-order chi connectivity index (χ0) is 16.8. The Morgan fingerprint density at radius 2 is 1.91 bits per heavy atom. The Hall–Kier alpha value is -2.20. The normalized spacial score (nSPS) is 11.8. The zero-order valence-electron chi connectivity index (χ0n) is 13.1. The molecule has 0 aromatic heterocycles. The topological polar surface area (TPSA) is 55.8 Å². The van der Waals surface area contributed by atoms with Gasteiger partial charge in [-0.2, -0.15) is 0 Å². The van der Waals surface area contributed by atoms with Crippen molar-refractivity contribution in [3.8, 4) is 11.5 Å². The molecule has 1 N–H and O–H groups in total. The Kier molecular flexibility index (Phi) is 5.88. The fourth-order valence-electron chi connectivity index (χ4n) is 2.41. The molecule has 2 aromatic rings. The lowest BCUT2D eigenvalue weighted by Gasteiger charge is -2.16. The molecule has 122 valence electrons. The second-order valence-electron chi connectivity index (χ2n) is 5.05. The first kappa shape index (κ1) is 17.2. The maximum Gasteiger partial charge on any atom is 0.311 e. The number of ether oxygens (including phenoxy) is 2. The van der Waals surface area contributed by atoms with E-state index in [-0.39, 0.29) is 0 Å². The number of hydrogen-bond donors (Lipinski definition) is 1. The number of carbonyl (C=O) groups is 1. The third kappa shape index (κ3) is 4.39.